The quantitative estimate of drug-likeness (QED) is 0.398. The van der Waals surface area contributed by atoms with Gasteiger partial charge in [0.2, 0.25) is 0 Å². The first-order chi connectivity index (χ1) is 12.6. The van der Waals surface area contributed by atoms with Crippen LogP contribution in [0.3, 0.4) is 0 Å². The van der Waals surface area contributed by atoms with Gasteiger partial charge in [-0.15, -0.1) is 10.2 Å². The van der Waals surface area contributed by atoms with Gasteiger partial charge in [0, 0.05) is 12.5 Å². The molecule has 1 aromatic rings. The summed E-state index contributed by atoms with van der Waals surface area (Å²) in [6.45, 7) is 5.66. The predicted octanol–water partition coefficient (Wildman–Crippen LogP) is 4.65. The first-order valence-electron chi connectivity index (χ1n) is 8.58. The summed E-state index contributed by atoms with van der Waals surface area (Å²) in [5.41, 5.74) is -2.98. The fourth-order valence-corrected chi connectivity index (χ4v) is 3.69. The SMILES string of the molecule is CC(C)[C@@H]1CC[C@@H](C)C[C@@]1(N=Nc1ccc([N+](=O)[O-])cc1[N+](=O)[O-])[N+](=O)[O-]. The molecule has 1 saturated carbocycles. The molecule has 11 nitrogen and oxygen atoms in total. The van der Waals surface area contributed by atoms with Crippen molar-refractivity contribution in [3.8, 4) is 0 Å². The van der Waals surface area contributed by atoms with Crippen molar-refractivity contribution in [2.24, 2.45) is 28.0 Å². The molecule has 11 heteroatoms. The summed E-state index contributed by atoms with van der Waals surface area (Å²) in [5.74, 6) is -0.311. The predicted molar refractivity (Wildman–Crippen MR) is 95.3 cm³/mol. The van der Waals surface area contributed by atoms with Crippen LogP contribution in [0.5, 0.6) is 0 Å². The standard InChI is InChI=1S/C16H21N5O6/c1-10(2)13-6-4-11(3)9-16(13,21(26)27)18-17-14-7-5-12(19(22)23)8-15(14)20(24)25/h5,7-8,10-11,13H,4,6,9H2,1-3H3/t11-,13+,16-/m1/s1. The smallest absolute Gasteiger partial charge is 0.262 e. The van der Waals surface area contributed by atoms with E-state index in [0.717, 1.165) is 24.6 Å². The van der Waals surface area contributed by atoms with Crippen LogP contribution < -0.4 is 0 Å². The van der Waals surface area contributed by atoms with Gasteiger partial charge < -0.3 is 0 Å². The van der Waals surface area contributed by atoms with Crippen LogP contribution in [0.4, 0.5) is 17.1 Å². The van der Waals surface area contributed by atoms with Crippen LogP contribution in [0.25, 0.3) is 0 Å². The highest BCUT2D eigenvalue weighted by Crippen LogP contribution is 2.45. The van der Waals surface area contributed by atoms with Crippen LogP contribution in [0.1, 0.15) is 40.0 Å². The second-order valence-electron chi connectivity index (χ2n) is 7.26. The Kier molecular flexibility index (Phi) is 5.82. The van der Waals surface area contributed by atoms with Crippen molar-refractivity contribution in [1.29, 1.82) is 0 Å². The van der Waals surface area contributed by atoms with E-state index in [1.54, 1.807) is 0 Å². The summed E-state index contributed by atoms with van der Waals surface area (Å²) in [6.07, 6.45) is 1.64. The third-order valence-corrected chi connectivity index (χ3v) is 5.03. The normalized spacial score (nSPS) is 25.6. The molecule has 0 radical (unpaired) electrons. The van der Waals surface area contributed by atoms with Crippen LogP contribution >= 0.6 is 0 Å². The minimum absolute atomic E-state index is 0.0197. The van der Waals surface area contributed by atoms with Gasteiger partial charge in [-0.25, -0.2) is 0 Å². The lowest BCUT2D eigenvalue weighted by molar-refractivity contribution is -0.588. The summed E-state index contributed by atoms with van der Waals surface area (Å²) in [7, 11) is 0. The molecule has 0 spiro atoms. The zero-order valence-corrected chi connectivity index (χ0v) is 15.3. The van der Waals surface area contributed by atoms with Gasteiger partial charge in [0.25, 0.3) is 5.69 Å². The lowest BCUT2D eigenvalue weighted by Crippen LogP contribution is -2.49. The van der Waals surface area contributed by atoms with E-state index in [0.29, 0.717) is 6.42 Å². The topological polar surface area (TPSA) is 154 Å². The molecule has 1 aliphatic rings. The molecule has 2 rings (SSSR count). The third-order valence-electron chi connectivity index (χ3n) is 5.03. The molecular weight excluding hydrogens is 358 g/mol. The molecule has 1 fully saturated rings. The molecule has 0 heterocycles. The maximum Gasteiger partial charge on any atom is 0.332 e. The lowest BCUT2D eigenvalue weighted by atomic mass is 9.70. The number of hydrogen-bond acceptors (Lipinski definition) is 8. The van der Waals surface area contributed by atoms with Crippen molar-refractivity contribution < 1.29 is 14.8 Å². The molecule has 0 bridgehead atoms. The molecule has 0 aromatic heterocycles. The van der Waals surface area contributed by atoms with Crippen molar-refractivity contribution in [1.82, 2.24) is 0 Å². The van der Waals surface area contributed by atoms with E-state index in [1.807, 2.05) is 20.8 Å². The largest absolute Gasteiger partial charge is 0.332 e. The van der Waals surface area contributed by atoms with Gasteiger partial charge in [0.1, 0.15) is 0 Å². The van der Waals surface area contributed by atoms with Gasteiger partial charge in [-0.2, -0.15) is 0 Å². The highest BCUT2D eigenvalue weighted by atomic mass is 16.6. The van der Waals surface area contributed by atoms with Crippen LogP contribution in [0.15, 0.2) is 28.4 Å². The highest BCUT2D eigenvalue weighted by Gasteiger charge is 2.55. The maximum absolute atomic E-state index is 11.9. The van der Waals surface area contributed by atoms with Gasteiger partial charge in [-0.1, -0.05) is 20.8 Å². The number of azo groups is 1. The fraction of sp³-hybridized carbons (Fsp3) is 0.625. The van der Waals surface area contributed by atoms with Crippen molar-refractivity contribution in [3.05, 3.63) is 48.5 Å². The molecule has 0 N–H and O–H groups in total. The number of rotatable bonds is 6. The van der Waals surface area contributed by atoms with E-state index >= 15 is 0 Å². The molecule has 1 aliphatic carbocycles. The third kappa shape index (κ3) is 4.07. The van der Waals surface area contributed by atoms with E-state index in [1.165, 1.54) is 0 Å². The van der Waals surface area contributed by atoms with Crippen molar-refractivity contribution in [2.45, 2.75) is 45.7 Å². The number of nitro benzene ring substituents is 2. The fourth-order valence-electron chi connectivity index (χ4n) is 3.69. The van der Waals surface area contributed by atoms with Gasteiger partial charge >= 0.3 is 11.4 Å². The lowest BCUT2D eigenvalue weighted by Gasteiger charge is -2.37. The molecule has 146 valence electrons. The van der Waals surface area contributed by atoms with Crippen LogP contribution in [-0.4, -0.2) is 20.4 Å². The molecule has 0 unspecified atom stereocenters. The first kappa shape index (κ1) is 20.3. The Balaban J connectivity index is 2.53. The number of benzene rings is 1. The number of non-ortho nitro benzene ring substituents is 1. The maximum atomic E-state index is 11.9. The van der Waals surface area contributed by atoms with Gasteiger partial charge in [0.15, 0.2) is 5.69 Å². The summed E-state index contributed by atoms with van der Waals surface area (Å²) < 4.78 is 0. The second kappa shape index (κ2) is 7.72. The Hall–Kier alpha value is -2.98. The molecule has 27 heavy (non-hydrogen) atoms. The Morgan fingerprint density at radius 2 is 1.78 bits per heavy atom. The average Bonchev–Trinajstić information content (AvgIpc) is 2.59. The second-order valence-corrected chi connectivity index (χ2v) is 7.26. The summed E-state index contributed by atoms with van der Waals surface area (Å²) >= 11 is 0. The minimum atomic E-state index is -1.67. The zero-order valence-electron chi connectivity index (χ0n) is 15.3. The minimum Gasteiger partial charge on any atom is -0.262 e. The number of hydrogen-bond donors (Lipinski definition) is 0. The summed E-state index contributed by atoms with van der Waals surface area (Å²) in [6, 6.07) is 2.92. The van der Waals surface area contributed by atoms with E-state index < -0.39 is 31.8 Å². The van der Waals surface area contributed by atoms with E-state index in [2.05, 4.69) is 10.2 Å². The van der Waals surface area contributed by atoms with E-state index in [4.69, 9.17) is 0 Å². The van der Waals surface area contributed by atoms with Crippen LogP contribution in [0, 0.1) is 48.1 Å². The van der Waals surface area contributed by atoms with Crippen molar-refractivity contribution >= 4 is 17.1 Å². The van der Waals surface area contributed by atoms with E-state index in [-0.39, 0.29) is 29.9 Å². The zero-order chi connectivity index (χ0) is 20.4. The Bertz CT molecular complexity index is 796. The van der Waals surface area contributed by atoms with Crippen molar-refractivity contribution in [2.75, 3.05) is 0 Å². The Labute approximate surface area is 154 Å². The molecule has 0 amide bonds. The van der Waals surface area contributed by atoms with Crippen LogP contribution in [-0.2, 0) is 0 Å². The first-order valence-corrected chi connectivity index (χ1v) is 8.58. The molecule has 1 aromatic carbocycles. The van der Waals surface area contributed by atoms with Crippen LogP contribution in [0.2, 0.25) is 0 Å². The highest BCUT2D eigenvalue weighted by molar-refractivity contribution is 5.61. The molecular formula is C16H21N5O6. The molecule has 3 atom stereocenters. The Morgan fingerprint density at radius 1 is 1.11 bits per heavy atom. The van der Waals surface area contributed by atoms with Gasteiger partial charge in [0.05, 0.1) is 26.8 Å². The molecule has 0 saturated heterocycles. The Morgan fingerprint density at radius 3 is 2.30 bits per heavy atom. The van der Waals surface area contributed by atoms with E-state index in [9.17, 15) is 30.3 Å². The number of nitro groups is 3. The van der Waals surface area contributed by atoms with Crippen molar-refractivity contribution in [3.63, 3.8) is 0 Å². The monoisotopic (exact) mass is 379 g/mol. The van der Waals surface area contributed by atoms with Gasteiger partial charge in [-0.05, 0) is 30.7 Å². The summed E-state index contributed by atoms with van der Waals surface area (Å²) in [4.78, 5) is 32.0. The molecule has 0 aliphatic heterocycles. The average molecular weight is 379 g/mol. The summed E-state index contributed by atoms with van der Waals surface area (Å²) in [5, 5.41) is 41.8. The number of nitrogens with zero attached hydrogens (tertiary/aromatic N) is 5. The van der Waals surface area contributed by atoms with Gasteiger partial charge in [-0.3, -0.25) is 30.3 Å².